The molecule has 1 saturated carbocycles. The highest BCUT2D eigenvalue weighted by atomic mass is 32.1. The fourth-order valence-electron chi connectivity index (χ4n) is 5.64. The Balaban J connectivity index is 1.42. The van der Waals surface area contributed by atoms with Gasteiger partial charge in [0, 0.05) is 29.0 Å². The van der Waals surface area contributed by atoms with E-state index in [2.05, 4.69) is 31.4 Å². The average Bonchev–Trinajstić information content (AvgIpc) is 3.46. The lowest BCUT2D eigenvalue weighted by atomic mass is 9.68. The molecule has 0 radical (unpaired) electrons. The van der Waals surface area contributed by atoms with E-state index in [4.69, 9.17) is 4.74 Å². The molecule has 2 fully saturated rings. The highest BCUT2D eigenvalue weighted by Gasteiger charge is 2.52. The first kappa shape index (κ1) is 27.1. The van der Waals surface area contributed by atoms with Crippen LogP contribution in [0.5, 0.6) is 5.75 Å². The topological polar surface area (TPSA) is 108 Å². The van der Waals surface area contributed by atoms with Crippen molar-refractivity contribution in [3.63, 3.8) is 0 Å². The van der Waals surface area contributed by atoms with Crippen LogP contribution in [0.4, 0.5) is 0 Å². The Morgan fingerprint density at radius 2 is 1.81 bits per heavy atom. The Morgan fingerprint density at radius 3 is 2.43 bits per heavy atom. The second-order valence-corrected chi connectivity index (χ2v) is 12.4. The van der Waals surface area contributed by atoms with Crippen molar-refractivity contribution < 1.29 is 24.2 Å². The molecule has 4 rings (SSSR count). The molecule has 200 valence electrons. The lowest BCUT2D eigenvalue weighted by molar-refractivity contribution is -0.158. The van der Waals surface area contributed by atoms with Gasteiger partial charge in [0.2, 0.25) is 5.91 Å². The van der Waals surface area contributed by atoms with Gasteiger partial charge in [0.25, 0.3) is 5.91 Å². The normalized spacial score (nSPS) is 26.2. The Morgan fingerprint density at radius 1 is 1.11 bits per heavy atom. The van der Waals surface area contributed by atoms with Crippen LogP contribution in [0.25, 0.3) is 10.4 Å². The van der Waals surface area contributed by atoms with Crippen LogP contribution in [-0.2, 0) is 9.59 Å². The highest BCUT2D eigenvalue weighted by molar-refractivity contribution is 7.17. The molecule has 0 unspecified atom stereocenters. The number of hydrogen-bond acceptors (Lipinski definition) is 6. The largest absolute Gasteiger partial charge is 0.497 e. The number of carboxylic acids is 1. The maximum absolute atomic E-state index is 13.4. The maximum Gasteiger partial charge on any atom is 0.311 e. The number of carboxylic acid groups (broad SMARTS) is 1. The van der Waals surface area contributed by atoms with E-state index in [0.717, 1.165) is 22.6 Å². The summed E-state index contributed by atoms with van der Waals surface area (Å²) < 4.78 is 5.20. The van der Waals surface area contributed by atoms with Crippen molar-refractivity contribution in [1.82, 2.24) is 15.5 Å². The lowest BCUT2D eigenvalue weighted by Crippen LogP contribution is -2.59. The number of carbonyl (C=O) groups excluding carboxylic acids is 2. The number of amides is 2. The highest BCUT2D eigenvalue weighted by Crippen LogP contribution is 2.41. The first-order valence-electron chi connectivity index (χ1n) is 12.8. The molecule has 1 aliphatic heterocycles. The predicted octanol–water partition coefficient (Wildman–Crippen LogP) is 4.15. The van der Waals surface area contributed by atoms with E-state index in [-0.39, 0.29) is 23.4 Å². The number of methoxy groups -OCH3 is 1. The third-order valence-electron chi connectivity index (χ3n) is 7.45. The van der Waals surface area contributed by atoms with Gasteiger partial charge in [0.1, 0.15) is 11.8 Å². The number of nitrogens with one attached hydrogen (secondary N) is 2. The van der Waals surface area contributed by atoms with E-state index in [1.54, 1.807) is 25.0 Å². The number of thiophene rings is 1. The van der Waals surface area contributed by atoms with Gasteiger partial charge in [-0.2, -0.15) is 0 Å². The quantitative estimate of drug-likeness (QED) is 0.499. The number of nitrogens with zero attached hydrogens (tertiary/aromatic N) is 1. The zero-order chi connectivity index (χ0) is 27.0. The van der Waals surface area contributed by atoms with Crippen LogP contribution in [0.15, 0.2) is 36.4 Å². The summed E-state index contributed by atoms with van der Waals surface area (Å²) in [5, 5.41) is 16.6. The van der Waals surface area contributed by atoms with Crippen LogP contribution in [0.3, 0.4) is 0 Å². The number of benzene rings is 1. The molecule has 8 nitrogen and oxygen atoms in total. The molecule has 37 heavy (non-hydrogen) atoms. The summed E-state index contributed by atoms with van der Waals surface area (Å²) in [6, 6.07) is 10.3. The molecule has 2 aromatic rings. The fraction of sp³-hybridized carbons (Fsp3) is 0.536. The summed E-state index contributed by atoms with van der Waals surface area (Å²) in [5.74, 6) is -0.604. The SMILES string of the molecule is COc1ccc(-c2ccc(C(=O)N[C@H]3CCN([C@H]4CC[C@@H](NC(C)(C)C)C[C@@]4(C)C(=O)O)C3=O)s2)cc1. The van der Waals surface area contributed by atoms with Crippen LogP contribution >= 0.6 is 11.3 Å². The molecule has 1 aromatic heterocycles. The van der Waals surface area contributed by atoms with E-state index in [1.165, 1.54) is 11.3 Å². The van der Waals surface area contributed by atoms with Gasteiger partial charge in [-0.15, -0.1) is 11.3 Å². The third-order valence-corrected chi connectivity index (χ3v) is 8.58. The molecular formula is C28H37N3O5S. The molecular weight excluding hydrogens is 490 g/mol. The van der Waals surface area contributed by atoms with Gasteiger partial charge in [-0.25, -0.2) is 0 Å². The predicted molar refractivity (Wildman–Crippen MR) is 144 cm³/mol. The van der Waals surface area contributed by atoms with Crippen molar-refractivity contribution in [1.29, 1.82) is 0 Å². The first-order valence-corrected chi connectivity index (χ1v) is 13.6. The third kappa shape index (κ3) is 5.83. The number of likely N-dealkylation sites (tertiary alicyclic amines) is 1. The Labute approximate surface area is 222 Å². The summed E-state index contributed by atoms with van der Waals surface area (Å²) >= 11 is 1.37. The van der Waals surface area contributed by atoms with Crippen molar-refractivity contribution in [2.75, 3.05) is 13.7 Å². The Bertz CT molecular complexity index is 1160. The van der Waals surface area contributed by atoms with Gasteiger partial charge < -0.3 is 25.4 Å². The summed E-state index contributed by atoms with van der Waals surface area (Å²) in [4.78, 5) is 42.0. The lowest BCUT2D eigenvalue weighted by Gasteiger charge is -2.47. The summed E-state index contributed by atoms with van der Waals surface area (Å²) in [5.41, 5.74) is -0.195. The number of hydrogen-bond donors (Lipinski definition) is 3. The van der Waals surface area contributed by atoms with Crippen LogP contribution in [0, 0.1) is 5.41 Å². The molecule has 1 aromatic carbocycles. The molecule has 1 aliphatic carbocycles. The number of rotatable bonds is 7. The zero-order valence-electron chi connectivity index (χ0n) is 22.2. The average molecular weight is 528 g/mol. The molecule has 2 aliphatic rings. The van der Waals surface area contributed by atoms with Gasteiger partial charge in [-0.3, -0.25) is 14.4 Å². The molecule has 0 spiro atoms. The van der Waals surface area contributed by atoms with Gasteiger partial charge in [0.15, 0.2) is 0 Å². The molecule has 1 saturated heterocycles. The van der Waals surface area contributed by atoms with Gasteiger partial charge in [-0.05, 0) is 95.3 Å². The molecule has 3 N–H and O–H groups in total. The summed E-state index contributed by atoms with van der Waals surface area (Å²) in [7, 11) is 1.62. The second kappa shape index (κ2) is 10.5. The monoisotopic (exact) mass is 527 g/mol. The second-order valence-electron chi connectivity index (χ2n) is 11.3. The standard InChI is InChI=1S/C28H37N3O5S/c1-27(2,3)30-18-8-13-23(28(4,16-18)26(34)35)31-15-14-20(25(31)33)29-24(32)22-12-11-21(37-22)17-6-9-19(36-5)10-7-17/h6-7,9-12,18,20,23,30H,8,13-16H2,1-5H3,(H,29,32)(H,34,35)/t18-,20+,23+,28-/m1/s1. The summed E-state index contributed by atoms with van der Waals surface area (Å²) in [6.45, 7) is 8.41. The van der Waals surface area contributed by atoms with Crippen molar-refractivity contribution >= 4 is 29.1 Å². The Kier molecular flexibility index (Phi) is 7.67. The molecule has 9 heteroatoms. The Hall–Kier alpha value is -2.91. The van der Waals surface area contributed by atoms with E-state index in [9.17, 15) is 19.5 Å². The molecule has 2 heterocycles. The number of carbonyl (C=O) groups is 3. The number of aliphatic carboxylic acids is 1. The van der Waals surface area contributed by atoms with Crippen molar-refractivity contribution in [3.8, 4) is 16.2 Å². The summed E-state index contributed by atoms with van der Waals surface area (Å²) in [6.07, 6.45) is 2.33. The fourth-order valence-corrected chi connectivity index (χ4v) is 6.55. The minimum Gasteiger partial charge on any atom is -0.497 e. The van der Waals surface area contributed by atoms with Crippen LogP contribution in [-0.4, -0.2) is 65.1 Å². The van der Waals surface area contributed by atoms with Gasteiger partial charge in [0.05, 0.1) is 17.4 Å². The smallest absolute Gasteiger partial charge is 0.311 e. The minimum atomic E-state index is -1.06. The van der Waals surface area contributed by atoms with E-state index < -0.39 is 23.5 Å². The van der Waals surface area contributed by atoms with Crippen molar-refractivity contribution in [3.05, 3.63) is 41.3 Å². The molecule has 4 atom stereocenters. The maximum atomic E-state index is 13.4. The van der Waals surface area contributed by atoms with Gasteiger partial charge in [-0.1, -0.05) is 0 Å². The van der Waals surface area contributed by atoms with E-state index in [0.29, 0.717) is 30.7 Å². The van der Waals surface area contributed by atoms with Crippen molar-refractivity contribution in [2.45, 2.75) is 77.0 Å². The van der Waals surface area contributed by atoms with Gasteiger partial charge >= 0.3 is 5.97 Å². The molecule has 2 amide bonds. The molecule has 0 bridgehead atoms. The van der Waals surface area contributed by atoms with Crippen LogP contribution in [0.1, 0.15) is 63.0 Å². The van der Waals surface area contributed by atoms with E-state index in [1.807, 2.05) is 30.3 Å². The van der Waals surface area contributed by atoms with Crippen LogP contribution < -0.4 is 15.4 Å². The first-order chi connectivity index (χ1) is 17.4. The zero-order valence-corrected chi connectivity index (χ0v) is 23.0. The number of ether oxygens (including phenoxy) is 1. The minimum absolute atomic E-state index is 0.0734. The van der Waals surface area contributed by atoms with Crippen molar-refractivity contribution in [2.24, 2.45) is 5.41 Å². The van der Waals surface area contributed by atoms with Crippen LogP contribution in [0.2, 0.25) is 0 Å². The van der Waals surface area contributed by atoms with E-state index >= 15 is 0 Å².